The highest BCUT2D eigenvalue weighted by Crippen LogP contribution is 2.33. The number of hydrogen-bond donors (Lipinski definition) is 2. The molecule has 1 aromatic rings. The van der Waals surface area contributed by atoms with Gasteiger partial charge in [-0.1, -0.05) is 113 Å². The van der Waals surface area contributed by atoms with Crippen molar-refractivity contribution in [2.75, 3.05) is 6.61 Å². The lowest BCUT2D eigenvalue weighted by Crippen LogP contribution is -2.03. The van der Waals surface area contributed by atoms with Crippen molar-refractivity contribution in [3.05, 3.63) is 100 Å². The summed E-state index contributed by atoms with van der Waals surface area (Å²) in [7, 11) is 0. The standard InChI is InChI=1S/C37H53NO/c1-8-15-28(4)37(31(7)38)34(9-2)25-29(5)30(6)36(19-14-18-32-16-12-10-11-13-17-32)35-22-20-33(21-23-35)24-27(3)26-39/h9,19-23,25,32,38-39H,3,6,8,10-18,24,26H2,1-2,4-5,7H3/b29-25-,34-9+,36-19+,37-28+,38-31?. The Morgan fingerprint density at radius 2 is 1.67 bits per heavy atom. The van der Waals surface area contributed by atoms with Crippen molar-refractivity contribution in [3.8, 4) is 0 Å². The molecule has 1 aromatic carbocycles. The van der Waals surface area contributed by atoms with Crippen molar-refractivity contribution in [1.82, 2.24) is 0 Å². The maximum atomic E-state index is 9.38. The largest absolute Gasteiger partial charge is 0.392 e. The highest BCUT2D eigenvalue weighted by atomic mass is 16.3. The van der Waals surface area contributed by atoms with Crippen molar-refractivity contribution in [1.29, 1.82) is 5.41 Å². The van der Waals surface area contributed by atoms with E-state index < -0.39 is 0 Å². The number of benzene rings is 1. The van der Waals surface area contributed by atoms with Gasteiger partial charge < -0.3 is 10.5 Å². The zero-order valence-corrected chi connectivity index (χ0v) is 25.5. The van der Waals surface area contributed by atoms with Crippen LogP contribution in [0.2, 0.25) is 0 Å². The van der Waals surface area contributed by atoms with Crippen molar-refractivity contribution < 1.29 is 5.11 Å². The predicted molar refractivity (Wildman–Crippen MR) is 172 cm³/mol. The first-order valence-electron chi connectivity index (χ1n) is 15.1. The topological polar surface area (TPSA) is 44.1 Å². The fourth-order valence-corrected chi connectivity index (χ4v) is 5.79. The zero-order valence-electron chi connectivity index (χ0n) is 25.5. The molecule has 1 fully saturated rings. The van der Waals surface area contributed by atoms with Crippen LogP contribution in [0.15, 0.2) is 89.1 Å². The van der Waals surface area contributed by atoms with Gasteiger partial charge >= 0.3 is 0 Å². The van der Waals surface area contributed by atoms with Crippen molar-refractivity contribution >= 4 is 11.3 Å². The second kappa shape index (κ2) is 17.1. The lowest BCUT2D eigenvalue weighted by Gasteiger charge is -2.17. The van der Waals surface area contributed by atoms with Gasteiger partial charge in [0.15, 0.2) is 0 Å². The number of aliphatic hydroxyl groups is 1. The van der Waals surface area contributed by atoms with Crippen molar-refractivity contribution in [2.45, 2.75) is 105 Å². The SMILES string of the molecule is C=C(CO)Cc1ccc(/C(=C/CCC2CCCCCC2)C(=C)\C(C)=C/C(=C\C)C(/C(C)=N)=C(\C)CCC)cc1. The minimum absolute atomic E-state index is 0.0194. The van der Waals surface area contributed by atoms with Gasteiger partial charge in [0.1, 0.15) is 0 Å². The number of allylic oxidation sites excluding steroid dienone is 9. The molecule has 0 saturated heterocycles. The summed E-state index contributed by atoms with van der Waals surface area (Å²) < 4.78 is 0. The maximum absolute atomic E-state index is 9.38. The Labute approximate surface area is 239 Å². The summed E-state index contributed by atoms with van der Waals surface area (Å²) in [4.78, 5) is 0. The quantitative estimate of drug-likeness (QED) is 0.107. The molecule has 0 spiro atoms. The second-order valence-electron chi connectivity index (χ2n) is 11.4. The number of aliphatic hydroxyl groups excluding tert-OH is 1. The summed E-state index contributed by atoms with van der Waals surface area (Å²) in [6.07, 6.45) is 20.1. The number of nitrogens with one attached hydrogen (secondary N) is 1. The first-order chi connectivity index (χ1) is 18.7. The highest BCUT2D eigenvalue weighted by Gasteiger charge is 2.15. The molecule has 2 heteroatoms. The monoisotopic (exact) mass is 527 g/mol. The number of hydrogen-bond acceptors (Lipinski definition) is 2. The van der Waals surface area contributed by atoms with Gasteiger partial charge in [0.25, 0.3) is 0 Å². The molecule has 0 radical (unpaired) electrons. The van der Waals surface area contributed by atoms with Gasteiger partial charge in [-0.05, 0) is 98.3 Å². The molecular formula is C37H53NO. The molecule has 1 aliphatic carbocycles. The third-order valence-electron chi connectivity index (χ3n) is 8.04. The van der Waals surface area contributed by atoms with Crippen molar-refractivity contribution in [2.24, 2.45) is 5.92 Å². The minimum Gasteiger partial charge on any atom is -0.392 e. The van der Waals surface area contributed by atoms with Crippen LogP contribution in [0.4, 0.5) is 0 Å². The Kier molecular flexibility index (Phi) is 14.2. The summed E-state index contributed by atoms with van der Waals surface area (Å²) >= 11 is 0. The lowest BCUT2D eigenvalue weighted by molar-refractivity contribution is 0.329. The van der Waals surface area contributed by atoms with Gasteiger partial charge in [-0.25, -0.2) is 0 Å². The minimum atomic E-state index is 0.0194. The average Bonchev–Trinajstić information content (AvgIpc) is 3.19. The third-order valence-corrected chi connectivity index (χ3v) is 8.04. The van der Waals surface area contributed by atoms with Crippen LogP contribution in [0.5, 0.6) is 0 Å². The van der Waals surface area contributed by atoms with E-state index in [1.807, 2.05) is 6.92 Å². The Morgan fingerprint density at radius 3 is 2.21 bits per heavy atom. The molecule has 0 atom stereocenters. The Morgan fingerprint density at radius 1 is 1.03 bits per heavy atom. The van der Waals surface area contributed by atoms with Crippen LogP contribution in [0, 0.1) is 11.3 Å². The molecule has 2 nitrogen and oxygen atoms in total. The first-order valence-corrected chi connectivity index (χ1v) is 15.1. The molecule has 0 unspecified atom stereocenters. The molecule has 0 aliphatic heterocycles. The molecule has 39 heavy (non-hydrogen) atoms. The smallest absolute Gasteiger partial charge is 0.0642 e. The molecule has 1 saturated carbocycles. The van der Waals surface area contributed by atoms with Gasteiger partial charge in [0.2, 0.25) is 0 Å². The van der Waals surface area contributed by atoms with Crippen LogP contribution in [0.1, 0.15) is 110 Å². The zero-order chi connectivity index (χ0) is 28.8. The van der Waals surface area contributed by atoms with Crippen LogP contribution in [-0.4, -0.2) is 17.4 Å². The van der Waals surface area contributed by atoms with E-state index in [4.69, 9.17) is 5.41 Å². The summed E-state index contributed by atoms with van der Waals surface area (Å²) in [5, 5.41) is 17.8. The molecule has 212 valence electrons. The van der Waals surface area contributed by atoms with Crippen LogP contribution in [-0.2, 0) is 6.42 Å². The Balaban J connectivity index is 2.40. The molecular weight excluding hydrogens is 474 g/mol. The average molecular weight is 528 g/mol. The lowest BCUT2D eigenvalue weighted by atomic mass is 9.87. The molecule has 2 N–H and O–H groups in total. The van der Waals surface area contributed by atoms with E-state index in [1.165, 1.54) is 61.7 Å². The van der Waals surface area contributed by atoms with Crippen LogP contribution in [0.3, 0.4) is 0 Å². The van der Waals surface area contributed by atoms with Gasteiger partial charge in [0, 0.05) is 11.3 Å². The van der Waals surface area contributed by atoms with Gasteiger partial charge in [0.05, 0.1) is 6.61 Å². The van der Waals surface area contributed by atoms with E-state index in [1.54, 1.807) is 0 Å². The van der Waals surface area contributed by atoms with Crippen LogP contribution >= 0.6 is 0 Å². The fraction of sp³-hybridized carbons (Fsp3) is 0.486. The van der Waals surface area contributed by atoms with E-state index in [2.05, 4.69) is 83.3 Å². The van der Waals surface area contributed by atoms with Crippen LogP contribution in [0.25, 0.3) is 5.57 Å². The van der Waals surface area contributed by atoms with E-state index in [0.29, 0.717) is 12.1 Å². The number of rotatable bonds is 14. The summed E-state index contributed by atoms with van der Waals surface area (Å²) in [5.74, 6) is 0.834. The Hall–Kier alpha value is -2.71. The summed E-state index contributed by atoms with van der Waals surface area (Å²) in [5.41, 5.74) is 10.6. The maximum Gasteiger partial charge on any atom is 0.0642 e. The molecule has 0 amide bonds. The molecule has 0 bridgehead atoms. The fourth-order valence-electron chi connectivity index (χ4n) is 5.79. The highest BCUT2D eigenvalue weighted by molar-refractivity contribution is 6.01. The third kappa shape index (κ3) is 10.4. The summed E-state index contributed by atoms with van der Waals surface area (Å²) in [6, 6.07) is 8.66. The molecule has 1 aliphatic rings. The normalized spacial score (nSPS) is 16.5. The van der Waals surface area contributed by atoms with E-state index >= 15 is 0 Å². The predicted octanol–water partition coefficient (Wildman–Crippen LogP) is 10.5. The second-order valence-corrected chi connectivity index (χ2v) is 11.4. The van der Waals surface area contributed by atoms with Crippen LogP contribution < -0.4 is 0 Å². The Bertz CT molecular complexity index is 1100. The van der Waals surface area contributed by atoms with E-state index in [9.17, 15) is 5.11 Å². The van der Waals surface area contributed by atoms with Crippen molar-refractivity contribution in [3.63, 3.8) is 0 Å². The van der Waals surface area contributed by atoms with Gasteiger partial charge in [-0.15, -0.1) is 0 Å². The van der Waals surface area contributed by atoms with E-state index in [-0.39, 0.29) is 6.61 Å². The molecule has 0 aromatic heterocycles. The van der Waals surface area contributed by atoms with Gasteiger partial charge in [-0.2, -0.15) is 0 Å². The molecule has 2 rings (SSSR count). The summed E-state index contributed by atoms with van der Waals surface area (Å²) in [6.45, 7) is 19.0. The first kappa shape index (κ1) is 32.5. The van der Waals surface area contributed by atoms with E-state index in [0.717, 1.165) is 58.6 Å². The van der Waals surface area contributed by atoms with Gasteiger partial charge in [-0.3, -0.25) is 0 Å². The molecule has 0 heterocycles.